The molecule has 0 radical (unpaired) electrons. The van der Waals surface area contributed by atoms with E-state index < -0.39 is 17.7 Å². The lowest BCUT2D eigenvalue weighted by molar-refractivity contribution is -0.143. The van der Waals surface area contributed by atoms with Crippen molar-refractivity contribution in [2.75, 3.05) is 13.7 Å². The van der Waals surface area contributed by atoms with Gasteiger partial charge in [-0.2, -0.15) is 0 Å². The van der Waals surface area contributed by atoms with E-state index in [0.717, 1.165) is 0 Å². The molecule has 0 bridgehead atoms. The van der Waals surface area contributed by atoms with Gasteiger partial charge in [-0.15, -0.1) is 0 Å². The molecular weight excluding hydrogens is 295 g/mol. The lowest BCUT2D eigenvalue weighted by atomic mass is 10.0. The highest BCUT2D eigenvalue weighted by Gasteiger charge is 2.22. The van der Waals surface area contributed by atoms with Crippen LogP contribution in [0.15, 0.2) is 48.5 Å². The second kappa shape index (κ2) is 7.09. The maximum atomic E-state index is 13.1. The van der Waals surface area contributed by atoms with Crippen molar-refractivity contribution in [3.8, 4) is 5.75 Å². The zero-order chi connectivity index (χ0) is 15.2. The second-order valence-electron chi connectivity index (χ2n) is 4.40. The van der Waals surface area contributed by atoms with E-state index in [4.69, 9.17) is 21.1 Å². The Bertz CT molecular complexity index is 630. The number of carbonyl (C=O) groups excluding carboxylic acids is 1. The first-order valence-electron chi connectivity index (χ1n) is 6.32. The predicted molar refractivity (Wildman–Crippen MR) is 78.1 cm³/mol. The van der Waals surface area contributed by atoms with Gasteiger partial charge < -0.3 is 9.47 Å². The van der Waals surface area contributed by atoms with Gasteiger partial charge in [0.15, 0.2) is 0 Å². The molecule has 2 rings (SSSR count). The van der Waals surface area contributed by atoms with Gasteiger partial charge in [0.2, 0.25) is 0 Å². The monoisotopic (exact) mass is 308 g/mol. The molecule has 5 heteroatoms. The number of ether oxygens (including phenoxy) is 2. The number of rotatable bonds is 5. The van der Waals surface area contributed by atoms with Gasteiger partial charge in [0.05, 0.1) is 7.11 Å². The van der Waals surface area contributed by atoms with E-state index in [2.05, 4.69) is 0 Å². The topological polar surface area (TPSA) is 35.5 Å². The van der Waals surface area contributed by atoms with Crippen LogP contribution in [-0.4, -0.2) is 19.7 Å². The molecule has 0 heterocycles. The normalized spacial score (nSPS) is 11.8. The summed E-state index contributed by atoms with van der Waals surface area (Å²) < 4.78 is 23.4. The van der Waals surface area contributed by atoms with Gasteiger partial charge in [0, 0.05) is 11.1 Å². The van der Waals surface area contributed by atoms with Crippen molar-refractivity contribution in [1.82, 2.24) is 0 Å². The highest BCUT2D eigenvalue weighted by atomic mass is 35.5. The van der Waals surface area contributed by atoms with E-state index in [0.29, 0.717) is 16.3 Å². The molecule has 2 aromatic carbocycles. The molecule has 1 unspecified atom stereocenters. The van der Waals surface area contributed by atoms with Crippen LogP contribution in [-0.2, 0) is 9.53 Å². The summed E-state index contributed by atoms with van der Waals surface area (Å²) in [6.45, 7) is 0.0382. The molecule has 0 aliphatic rings. The van der Waals surface area contributed by atoms with Crippen molar-refractivity contribution in [3.63, 3.8) is 0 Å². The molecule has 1 atom stereocenters. The molecule has 0 N–H and O–H groups in total. The lowest BCUT2D eigenvalue weighted by Gasteiger charge is -2.16. The molecule has 0 aromatic heterocycles. The summed E-state index contributed by atoms with van der Waals surface area (Å²) >= 11 is 5.93. The number of benzene rings is 2. The van der Waals surface area contributed by atoms with Crippen molar-refractivity contribution >= 4 is 17.6 Å². The number of hydrogen-bond donors (Lipinski definition) is 0. The number of hydrogen-bond acceptors (Lipinski definition) is 3. The van der Waals surface area contributed by atoms with Crippen molar-refractivity contribution in [1.29, 1.82) is 0 Å². The minimum atomic E-state index is -0.628. The SMILES string of the molecule is COC(=O)C(COc1cccc(F)c1)c1cccc(Cl)c1. The Labute approximate surface area is 127 Å². The average molecular weight is 309 g/mol. The third kappa shape index (κ3) is 4.20. The minimum absolute atomic E-state index is 0.0382. The fraction of sp³-hybridized carbons (Fsp3) is 0.188. The van der Waals surface area contributed by atoms with E-state index >= 15 is 0 Å². The average Bonchev–Trinajstić information content (AvgIpc) is 2.47. The Balaban J connectivity index is 2.16. The number of methoxy groups -OCH3 is 1. The molecule has 0 saturated carbocycles. The fourth-order valence-corrected chi connectivity index (χ4v) is 2.10. The van der Waals surface area contributed by atoms with Crippen LogP contribution >= 0.6 is 11.6 Å². The van der Waals surface area contributed by atoms with E-state index in [1.165, 1.54) is 25.3 Å². The lowest BCUT2D eigenvalue weighted by Crippen LogP contribution is -2.21. The van der Waals surface area contributed by atoms with Crippen molar-refractivity contribution in [2.24, 2.45) is 0 Å². The fourth-order valence-electron chi connectivity index (χ4n) is 1.90. The molecule has 0 fully saturated rings. The van der Waals surface area contributed by atoms with Crippen LogP contribution in [0.2, 0.25) is 5.02 Å². The van der Waals surface area contributed by atoms with Gasteiger partial charge in [-0.3, -0.25) is 4.79 Å². The Kier molecular flexibility index (Phi) is 5.17. The van der Waals surface area contributed by atoms with Crippen molar-refractivity contribution < 1.29 is 18.7 Å². The third-order valence-corrected chi connectivity index (χ3v) is 3.18. The van der Waals surface area contributed by atoms with Gasteiger partial charge in [-0.05, 0) is 29.8 Å². The molecule has 0 saturated heterocycles. The van der Waals surface area contributed by atoms with Crippen LogP contribution < -0.4 is 4.74 Å². The van der Waals surface area contributed by atoms with Gasteiger partial charge in [0.1, 0.15) is 24.1 Å². The van der Waals surface area contributed by atoms with Crippen LogP contribution in [0.1, 0.15) is 11.5 Å². The highest BCUT2D eigenvalue weighted by Crippen LogP contribution is 2.23. The summed E-state index contributed by atoms with van der Waals surface area (Å²) in [5, 5.41) is 0.521. The van der Waals surface area contributed by atoms with Crippen LogP contribution in [0, 0.1) is 5.82 Å². The van der Waals surface area contributed by atoms with E-state index in [-0.39, 0.29) is 6.61 Å². The first-order valence-corrected chi connectivity index (χ1v) is 6.69. The highest BCUT2D eigenvalue weighted by molar-refractivity contribution is 6.30. The van der Waals surface area contributed by atoms with Crippen LogP contribution in [0.25, 0.3) is 0 Å². The molecule has 0 aliphatic heterocycles. The predicted octanol–water partition coefficient (Wildman–Crippen LogP) is 3.81. The Hall–Kier alpha value is -2.07. The van der Waals surface area contributed by atoms with E-state index in [1.807, 2.05) is 0 Å². The maximum absolute atomic E-state index is 13.1. The van der Waals surface area contributed by atoms with Crippen molar-refractivity contribution in [3.05, 3.63) is 64.9 Å². The summed E-state index contributed by atoms with van der Waals surface area (Å²) in [6.07, 6.45) is 0. The van der Waals surface area contributed by atoms with Gasteiger partial charge >= 0.3 is 5.97 Å². The Morgan fingerprint density at radius 1 is 1.24 bits per heavy atom. The second-order valence-corrected chi connectivity index (χ2v) is 4.84. The molecule has 110 valence electrons. The quantitative estimate of drug-likeness (QED) is 0.788. The zero-order valence-corrected chi connectivity index (χ0v) is 12.1. The zero-order valence-electron chi connectivity index (χ0n) is 11.4. The van der Waals surface area contributed by atoms with Gasteiger partial charge in [0.25, 0.3) is 0 Å². The van der Waals surface area contributed by atoms with Crippen LogP contribution in [0.3, 0.4) is 0 Å². The van der Waals surface area contributed by atoms with Gasteiger partial charge in [-0.25, -0.2) is 4.39 Å². The molecule has 2 aromatic rings. The van der Waals surface area contributed by atoms with Crippen LogP contribution in [0.4, 0.5) is 4.39 Å². The first kappa shape index (κ1) is 15.3. The third-order valence-electron chi connectivity index (χ3n) is 2.95. The first-order chi connectivity index (χ1) is 10.1. The maximum Gasteiger partial charge on any atom is 0.316 e. The largest absolute Gasteiger partial charge is 0.492 e. The number of halogens is 2. The number of carbonyl (C=O) groups is 1. The van der Waals surface area contributed by atoms with E-state index in [9.17, 15) is 9.18 Å². The molecule has 21 heavy (non-hydrogen) atoms. The smallest absolute Gasteiger partial charge is 0.316 e. The summed E-state index contributed by atoms with van der Waals surface area (Å²) in [5.74, 6) is -1.11. The summed E-state index contributed by atoms with van der Waals surface area (Å²) in [4.78, 5) is 11.9. The summed E-state index contributed by atoms with van der Waals surface area (Å²) in [7, 11) is 1.31. The molecule has 0 spiro atoms. The molecule has 0 aliphatic carbocycles. The van der Waals surface area contributed by atoms with Crippen molar-refractivity contribution in [2.45, 2.75) is 5.92 Å². The Morgan fingerprint density at radius 3 is 2.67 bits per heavy atom. The molecule has 0 amide bonds. The minimum Gasteiger partial charge on any atom is -0.492 e. The standard InChI is InChI=1S/C16H14ClFO3/c1-20-16(19)15(11-4-2-5-12(17)8-11)10-21-14-7-3-6-13(18)9-14/h2-9,15H,10H2,1H3. The number of esters is 1. The Morgan fingerprint density at radius 2 is 2.00 bits per heavy atom. The molecular formula is C16H14ClFO3. The van der Waals surface area contributed by atoms with Gasteiger partial charge in [-0.1, -0.05) is 29.8 Å². The van der Waals surface area contributed by atoms with Crippen LogP contribution in [0.5, 0.6) is 5.75 Å². The van der Waals surface area contributed by atoms with E-state index in [1.54, 1.807) is 30.3 Å². The summed E-state index contributed by atoms with van der Waals surface area (Å²) in [5.41, 5.74) is 0.686. The molecule has 3 nitrogen and oxygen atoms in total. The summed E-state index contributed by atoms with van der Waals surface area (Å²) in [6, 6.07) is 12.6.